The third kappa shape index (κ3) is 4.20. The summed E-state index contributed by atoms with van der Waals surface area (Å²) in [5.74, 6) is -0.0352. The van der Waals surface area contributed by atoms with Crippen molar-refractivity contribution in [1.29, 1.82) is 0 Å². The monoisotopic (exact) mass is 353 g/mol. The van der Waals surface area contributed by atoms with Crippen molar-refractivity contribution in [1.82, 2.24) is 5.32 Å². The van der Waals surface area contributed by atoms with Crippen LogP contribution in [0.1, 0.15) is 33.1 Å². The second-order valence-corrected chi connectivity index (χ2v) is 6.96. The second kappa shape index (κ2) is 6.79. The van der Waals surface area contributed by atoms with Gasteiger partial charge in [-0.25, -0.2) is 0 Å². The maximum atomic E-state index is 12.2. The molecule has 2 atom stereocenters. The second-order valence-electron chi connectivity index (χ2n) is 6.05. The molecule has 0 aliphatic carbocycles. The van der Waals surface area contributed by atoms with E-state index in [4.69, 9.17) is 5.73 Å². The Morgan fingerprint density at radius 1 is 1.48 bits per heavy atom. The molecule has 4 nitrogen and oxygen atoms in total. The van der Waals surface area contributed by atoms with Crippen LogP contribution in [0.15, 0.2) is 28.7 Å². The number of nitrogens with one attached hydrogen (secondary N) is 1. The van der Waals surface area contributed by atoms with Crippen molar-refractivity contribution in [3.8, 4) is 0 Å². The minimum Gasteiger partial charge on any atom is -0.369 e. The van der Waals surface area contributed by atoms with Crippen molar-refractivity contribution in [2.45, 2.75) is 44.7 Å². The van der Waals surface area contributed by atoms with Gasteiger partial charge in [-0.2, -0.15) is 0 Å². The van der Waals surface area contributed by atoms with Gasteiger partial charge in [0.05, 0.1) is 5.54 Å². The van der Waals surface area contributed by atoms with E-state index in [0.717, 1.165) is 30.4 Å². The molecule has 1 saturated heterocycles. The SMILES string of the molecule is CCCC(C)(N)C(=O)NC1CCN(c2ccc(Br)cc2)C1. The lowest BCUT2D eigenvalue weighted by atomic mass is 9.96. The van der Waals surface area contributed by atoms with Crippen LogP contribution in [0.2, 0.25) is 0 Å². The summed E-state index contributed by atoms with van der Waals surface area (Å²) in [7, 11) is 0. The average molecular weight is 354 g/mol. The van der Waals surface area contributed by atoms with E-state index >= 15 is 0 Å². The summed E-state index contributed by atoms with van der Waals surface area (Å²) in [6.45, 7) is 5.66. The van der Waals surface area contributed by atoms with E-state index in [9.17, 15) is 4.79 Å². The van der Waals surface area contributed by atoms with Crippen LogP contribution in [0.25, 0.3) is 0 Å². The molecule has 1 heterocycles. The molecule has 0 aromatic heterocycles. The highest BCUT2D eigenvalue weighted by Crippen LogP contribution is 2.23. The van der Waals surface area contributed by atoms with Crippen LogP contribution in [0.3, 0.4) is 0 Å². The van der Waals surface area contributed by atoms with E-state index in [1.807, 2.05) is 26.0 Å². The molecule has 0 saturated carbocycles. The van der Waals surface area contributed by atoms with Crippen molar-refractivity contribution in [3.63, 3.8) is 0 Å². The molecule has 21 heavy (non-hydrogen) atoms. The van der Waals surface area contributed by atoms with Gasteiger partial charge >= 0.3 is 0 Å². The van der Waals surface area contributed by atoms with E-state index in [2.05, 4.69) is 38.3 Å². The van der Waals surface area contributed by atoms with E-state index < -0.39 is 5.54 Å². The molecule has 1 amide bonds. The Bertz CT molecular complexity index is 487. The van der Waals surface area contributed by atoms with Crippen LogP contribution >= 0.6 is 15.9 Å². The highest BCUT2D eigenvalue weighted by Gasteiger charge is 2.31. The number of benzene rings is 1. The lowest BCUT2D eigenvalue weighted by Crippen LogP contribution is -2.54. The quantitative estimate of drug-likeness (QED) is 0.855. The van der Waals surface area contributed by atoms with Gasteiger partial charge in [0.2, 0.25) is 5.91 Å². The maximum Gasteiger partial charge on any atom is 0.240 e. The van der Waals surface area contributed by atoms with Gasteiger partial charge in [0, 0.05) is 29.3 Å². The van der Waals surface area contributed by atoms with Crippen molar-refractivity contribution in [2.75, 3.05) is 18.0 Å². The number of rotatable bonds is 5. The van der Waals surface area contributed by atoms with Gasteiger partial charge in [0.1, 0.15) is 0 Å². The summed E-state index contributed by atoms with van der Waals surface area (Å²) in [4.78, 5) is 14.5. The zero-order valence-electron chi connectivity index (χ0n) is 12.7. The van der Waals surface area contributed by atoms with E-state index in [1.165, 1.54) is 5.69 Å². The number of nitrogens with zero attached hydrogens (tertiary/aromatic N) is 1. The zero-order valence-corrected chi connectivity index (χ0v) is 14.3. The maximum absolute atomic E-state index is 12.2. The predicted molar refractivity (Wildman–Crippen MR) is 90.4 cm³/mol. The van der Waals surface area contributed by atoms with Crippen molar-refractivity contribution < 1.29 is 4.79 Å². The van der Waals surface area contributed by atoms with Crippen molar-refractivity contribution in [2.24, 2.45) is 5.73 Å². The Morgan fingerprint density at radius 3 is 2.76 bits per heavy atom. The molecule has 1 aliphatic rings. The summed E-state index contributed by atoms with van der Waals surface area (Å²) in [5, 5.41) is 3.10. The fourth-order valence-corrected chi connectivity index (χ4v) is 3.01. The number of hydrogen-bond acceptors (Lipinski definition) is 3. The molecule has 3 N–H and O–H groups in total. The molecular weight excluding hydrogens is 330 g/mol. The molecule has 116 valence electrons. The minimum atomic E-state index is -0.764. The van der Waals surface area contributed by atoms with Gasteiger partial charge in [-0.3, -0.25) is 4.79 Å². The summed E-state index contributed by atoms with van der Waals surface area (Å²) in [5.41, 5.74) is 6.51. The standard InChI is InChI=1S/C16H24BrN3O/c1-3-9-16(2,18)15(21)19-13-8-10-20(11-13)14-6-4-12(17)5-7-14/h4-7,13H,3,8-11,18H2,1-2H3,(H,19,21). The van der Waals surface area contributed by atoms with Crippen LogP contribution in [0, 0.1) is 0 Å². The van der Waals surface area contributed by atoms with Gasteiger partial charge in [-0.15, -0.1) is 0 Å². The van der Waals surface area contributed by atoms with Gasteiger partial charge in [0.25, 0.3) is 0 Å². The smallest absolute Gasteiger partial charge is 0.240 e. The Morgan fingerprint density at radius 2 is 2.14 bits per heavy atom. The summed E-state index contributed by atoms with van der Waals surface area (Å²) < 4.78 is 1.08. The fraction of sp³-hybridized carbons (Fsp3) is 0.562. The van der Waals surface area contributed by atoms with Gasteiger partial charge in [-0.05, 0) is 44.0 Å². The predicted octanol–water partition coefficient (Wildman–Crippen LogP) is 2.66. The Kier molecular flexibility index (Phi) is 5.27. The molecule has 2 rings (SSSR count). The third-order valence-electron chi connectivity index (χ3n) is 4.00. The molecule has 2 unspecified atom stereocenters. The third-order valence-corrected chi connectivity index (χ3v) is 4.53. The van der Waals surface area contributed by atoms with E-state index in [0.29, 0.717) is 6.42 Å². The van der Waals surface area contributed by atoms with Gasteiger partial charge in [-0.1, -0.05) is 29.3 Å². The normalized spacial score (nSPS) is 21.1. The molecule has 5 heteroatoms. The van der Waals surface area contributed by atoms with Crippen LogP contribution in [0.4, 0.5) is 5.69 Å². The lowest BCUT2D eigenvalue weighted by Gasteiger charge is -2.25. The Balaban J connectivity index is 1.91. The van der Waals surface area contributed by atoms with Gasteiger partial charge in [0.15, 0.2) is 0 Å². The van der Waals surface area contributed by atoms with E-state index in [1.54, 1.807) is 0 Å². The molecule has 0 radical (unpaired) electrons. The number of hydrogen-bond donors (Lipinski definition) is 2. The van der Waals surface area contributed by atoms with E-state index in [-0.39, 0.29) is 11.9 Å². The largest absolute Gasteiger partial charge is 0.369 e. The number of anilines is 1. The van der Waals surface area contributed by atoms with Crippen molar-refractivity contribution in [3.05, 3.63) is 28.7 Å². The highest BCUT2D eigenvalue weighted by molar-refractivity contribution is 9.10. The highest BCUT2D eigenvalue weighted by atomic mass is 79.9. The summed E-state index contributed by atoms with van der Waals surface area (Å²) in [6, 6.07) is 8.45. The van der Waals surface area contributed by atoms with Crippen LogP contribution in [0.5, 0.6) is 0 Å². The van der Waals surface area contributed by atoms with Gasteiger partial charge < -0.3 is 16.0 Å². The summed E-state index contributed by atoms with van der Waals surface area (Å²) >= 11 is 3.45. The molecular formula is C16H24BrN3O. The van der Waals surface area contributed by atoms with Crippen LogP contribution < -0.4 is 16.0 Å². The molecule has 1 aromatic rings. The number of carbonyl (C=O) groups is 1. The first-order valence-corrected chi connectivity index (χ1v) is 8.32. The Labute approximate surface area is 135 Å². The topological polar surface area (TPSA) is 58.4 Å². The number of halogens is 1. The summed E-state index contributed by atoms with van der Waals surface area (Å²) in [6.07, 6.45) is 2.59. The first kappa shape index (κ1) is 16.3. The zero-order chi connectivity index (χ0) is 15.5. The molecule has 1 aromatic carbocycles. The number of amides is 1. The molecule has 0 spiro atoms. The van der Waals surface area contributed by atoms with Crippen LogP contribution in [-0.2, 0) is 4.79 Å². The molecule has 0 bridgehead atoms. The molecule has 1 fully saturated rings. The first-order valence-electron chi connectivity index (χ1n) is 7.53. The molecule has 1 aliphatic heterocycles. The lowest BCUT2D eigenvalue weighted by molar-refractivity contribution is -0.126. The number of nitrogens with two attached hydrogens (primary N) is 1. The van der Waals surface area contributed by atoms with Crippen molar-refractivity contribution >= 4 is 27.5 Å². The number of carbonyl (C=O) groups excluding carboxylic acids is 1. The first-order chi connectivity index (χ1) is 9.92. The van der Waals surface area contributed by atoms with Crippen LogP contribution in [-0.4, -0.2) is 30.6 Å². The average Bonchev–Trinajstić information content (AvgIpc) is 2.88. The minimum absolute atomic E-state index is 0.0352. The fourth-order valence-electron chi connectivity index (χ4n) is 2.75. The Hall–Kier alpha value is -1.07.